The molecule has 0 unspecified atom stereocenters. The first-order valence-electron chi connectivity index (χ1n) is 12.4. The number of aromatic nitrogens is 3. The van der Waals surface area contributed by atoms with Gasteiger partial charge in [-0.2, -0.15) is 0 Å². The molecule has 0 bridgehead atoms. The number of nitrogens with zero attached hydrogens (tertiary/aromatic N) is 3. The highest BCUT2D eigenvalue weighted by molar-refractivity contribution is 6.41. The van der Waals surface area contributed by atoms with E-state index in [9.17, 15) is 0 Å². The second kappa shape index (κ2) is 5.44. The number of pyridine rings is 3. The average Bonchev–Trinajstić information content (AvgIpc) is 3.42. The number of benzene rings is 5. The lowest BCUT2D eigenvalue weighted by Gasteiger charge is -2.18. The van der Waals surface area contributed by atoms with Gasteiger partial charge in [0.05, 0.1) is 16.6 Å². The molecule has 8 aromatic rings. The van der Waals surface area contributed by atoms with Gasteiger partial charge in [0.2, 0.25) is 0 Å². The van der Waals surface area contributed by atoms with Gasteiger partial charge in [-0.15, -0.1) is 0 Å². The molecule has 0 spiro atoms. The zero-order valence-electron chi connectivity index (χ0n) is 19.4. The van der Waals surface area contributed by atoms with Gasteiger partial charge in [0.15, 0.2) is 0 Å². The fourth-order valence-electron chi connectivity index (χ4n) is 7.43. The molecule has 3 nitrogen and oxygen atoms in total. The van der Waals surface area contributed by atoms with E-state index in [-0.39, 0.29) is 0 Å². The molecule has 164 valence electrons. The molecular formula is C33H17N3. The molecule has 36 heavy (non-hydrogen) atoms. The first kappa shape index (κ1) is 17.8. The molecule has 3 heteroatoms. The molecule has 0 atom stereocenters. The van der Waals surface area contributed by atoms with Crippen molar-refractivity contribution in [2.45, 2.75) is 12.8 Å². The fourth-order valence-corrected chi connectivity index (χ4v) is 7.43. The Morgan fingerprint density at radius 2 is 1.00 bits per heavy atom. The lowest BCUT2D eigenvalue weighted by Crippen LogP contribution is -1.96. The van der Waals surface area contributed by atoms with Crippen LogP contribution in [0.1, 0.15) is 22.3 Å². The molecule has 10 rings (SSSR count). The molecule has 0 radical (unpaired) electrons. The van der Waals surface area contributed by atoms with E-state index in [1.54, 1.807) is 0 Å². The van der Waals surface area contributed by atoms with Crippen LogP contribution in [-0.4, -0.2) is 15.0 Å². The van der Waals surface area contributed by atoms with Crippen LogP contribution in [0.2, 0.25) is 0 Å². The van der Waals surface area contributed by atoms with Gasteiger partial charge in [-0.25, -0.2) is 0 Å². The minimum atomic E-state index is 0.874. The zero-order chi connectivity index (χ0) is 23.4. The third kappa shape index (κ3) is 1.72. The predicted octanol–water partition coefficient (Wildman–Crippen LogP) is 7.96. The largest absolute Gasteiger partial charge is 0.255 e. The van der Waals surface area contributed by atoms with Crippen molar-refractivity contribution in [1.82, 2.24) is 15.0 Å². The van der Waals surface area contributed by atoms with Crippen molar-refractivity contribution in [2.24, 2.45) is 0 Å². The third-order valence-electron chi connectivity index (χ3n) is 8.89. The Kier molecular flexibility index (Phi) is 2.68. The van der Waals surface area contributed by atoms with Crippen LogP contribution >= 0.6 is 0 Å². The molecule has 3 aromatic heterocycles. The number of allylic oxidation sites excluding steroid dienone is 2. The van der Waals surface area contributed by atoms with Crippen LogP contribution in [0, 0.1) is 0 Å². The molecule has 0 saturated heterocycles. The second-order valence-corrected chi connectivity index (χ2v) is 10.6. The first-order chi connectivity index (χ1) is 17.7. The fraction of sp³-hybridized carbons (Fsp3) is 0.0606. The van der Waals surface area contributed by atoms with Crippen molar-refractivity contribution >= 4 is 86.9 Å². The van der Waals surface area contributed by atoms with E-state index >= 15 is 0 Å². The van der Waals surface area contributed by atoms with Crippen LogP contribution < -0.4 is 0 Å². The van der Waals surface area contributed by atoms with E-state index in [4.69, 9.17) is 15.0 Å². The SMILES string of the molecule is C=C1Cc2ccc3c4cnc5c6ccc7c8c(cnc(c9ccc(c%10ncc1c2c3%10)c4c95)c86)CC7=C. The van der Waals surface area contributed by atoms with Crippen LogP contribution in [-0.2, 0) is 12.8 Å². The molecule has 3 heterocycles. The smallest absolute Gasteiger partial charge is 0.0794 e. The van der Waals surface area contributed by atoms with Crippen molar-refractivity contribution in [3.8, 4) is 0 Å². The molecule has 0 saturated carbocycles. The van der Waals surface area contributed by atoms with E-state index in [1.807, 2.05) is 6.20 Å². The summed E-state index contributed by atoms with van der Waals surface area (Å²) in [7, 11) is 0. The topological polar surface area (TPSA) is 38.7 Å². The third-order valence-corrected chi connectivity index (χ3v) is 8.89. The van der Waals surface area contributed by atoms with Gasteiger partial charge < -0.3 is 0 Å². The van der Waals surface area contributed by atoms with Gasteiger partial charge >= 0.3 is 0 Å². The standard InChI is InChI=1S/C33H17N3/c1-14-10-17-11-34-32-22-8-7-20-27-24(13-36-33(30(22)27)21-6-5-18(14)26(17)29(21)32)19-4-3-16-9-15(2)23-12-35-31(20)28(19)25(16)23/h3-8,11-13H,1-2,9-10H2. The van der Waals surface area contributed by atoms with Crippen LogP contribution in [0.3, 0.4) is 0 Å². The Labute approximate surface area is 205 Å². The van der Waals surface area contributed by atoms with E-state index in [0.717, 1.165) is 40.4 Å². The Bertz CT molecular complexity index is 2150. The van der Waals surface area contributed by atoms with Gasteiger partial charge in [0, 0.05) is 67.2 Å². The van der Waals surface area contributed by atoms with Crippen LogP contribution in [0.15, 0.2) is 68.1 Å². The monoisotopic (exact) mass is 455 g/mol. The number of fused-ring (bicyclic) bond motifs is 4. The number of hydrogen-bond donors (Lipinski definition) is 0. The quantitative estimate of drug-likeness (QED) is 0.172. The van der Waals surface area contributed by atoms with E-state index in [2.05, 4.69) is 61.9 Å². The first-order valence-corrected chi connectivity index (χ1v) is 12.4. The van der Waals surface area contributed by atoms with Crippen LogP contribution in [0.4, 0.5) is 0 Å². The van der Waals surface area contributed by atoms with Crippen molar-refractivity contribution in [1.29, 1.82) is 0 Å². The summed E-state index contributed by atoms with van der Waals surface area (Å²) in [6.07, 6.45) is 7.95. The minimum absolute atomic E-state index is 0.874. The van der Waals surface area contributed by atoms with Gasteiger partial charge in [-0.1, -0.05) is 49.6 Å². The van der Waals surface area contributed by atoms with Gasteiger partial charge in [-0.05, 0) is 56.8 Å². The van der Waals surface area contributed by atoms with Gasteiger partial charge in [0.1, 0.15) is 0 Å². The normalized spacial score (nSPS) is 15.1. The summed E-state index contributed by atoms with van der Waals surface area (Å²) < 4.78 is 0. The number of rotatable bonds is 0. The summed E-state index contributed by atoms with van der Waals surface area (Å²) in [4.78, 5) is 15.2. The molecule has 0 aliphatic heterocycles. The number of hydrogen-bond acceptors (Lipinski definition) is 3. The Morgan fingerprint density at radius 3 is 1.83 bits per heavy atom. The highest BCUT2D eigenvalue weighted by Gasteiger charge is 2.27. The molecular weight excluding hydrogens is 438 g/mol. The highest BCUT2D eigenvalue weighted by Crippen LogP contribution is 2.50. The van der Waals surface area contributed by atoms with E-state index in [0.29, 0.717) is 0 Å². The lowest BCUT2D eigenvalue weighted by molar-refractivity contribution is 1.30. The summed E-state index contributed by atoms with van der Waals surface area (Å²) in [5.74, 6) is 0. The Balaban J connectivity index is 1.52. The maximum absolute atomic E-state index is 5.15. The van der Waals surface area contributed by atoms with E-state index < -0.39 is 0 Å². The minimum Gasteiger partial charge on any atom is -0.255 e. The molecule has 0 N–H and O–H groups in total. The summed E-state index contributed by atoms with van der Waals surface area (Å²) in [5, 5.41) is 13.5. The lowest BCUT2D eigenvalue weighted by atomic mass is 9.87. The predicted molar refractivity (Wildman–Crippen MR) is 150 cm³/mol. The maximum Gasteiger partial charge on any atom is 0.0794 e. The van der Waals surface area contributed by atoms with Crippen molar-refractivity contribution in [2.75, 3.05) is 0 Å². The molecule has 5 aromatic carbocycles. The van der Waals surface area contributed by atoms with Crippen molar-refractivity contribution in [3.05, 3.63) is 90.4 Å². The second-order valence-electron chi connectivity index (χ2n) is 10.6. The van der Waals surface area contributed by atoms with Crippen molar-refractivity contribution < 1.29 is 0 Å². The van der Waals surface area contributed by atoms with E-state index in [1.165, 1.54) is 81.7 Å². The molecule has 0 amide bonds. The maximum atomic E-state index is 5.15. The summed E-state index contributed by atoms with van der Waals surface area (Å²) in [6, 6.07) is 13.5. The van der Waals surface area contributed by atoms with Crippen LogP contribution in [0.5, 0.6) is 0 Å². The molecule has 2 aliphatic rings. The molecule has 0 fully saturated rings. The van der Waals surface area contributed by atoms with Crippen LogP contribution in [0.25, 0.3) is 86.9 Å². The van der Waals surface area contributed by atoms with Gasteiger partial charge in [0.25, 0.3) is 0 Å². The Hall–Kier alpha value is -4.63. The van der Waals surface area contributed by atoms with Gasteiger partial charge in [-0.3, -0.25) is 15.0 Å². The summed E-state index contributed by atoms with van der Waals surface area (Å²) >= 11 is 0. The Morgan fingerprint density at radius 1 is 0.444 bits per heavy atom. The summed E-state index contributed by atoms with van der Waals surface area (Å²) in [6.45, 7) is 8.65. The zero-order valence-corrected chi connectivity index (χ0v) is 19.4. The molecule has 2 aliphatic carbocycles. The average molecular weight is 456 g/mol. The summed E-state index contributed by atoms with van der Waals surface area (Å²) in [5.41, 5.74) is 10.6. The van der Waals surface area contributed by atoms with Crippen molar-refractivity contribution in [3.63, 3.8) is 0 Å². The highest BCUT2D eigenvalue weighted by atomic mass is 14.7.